The van der Waals surface area contributed by atoms with Gasteiger partial charge in [-0.05, 0) is 30.2 Å². The second-order valence-corrected chi connectivity index (χ2v) is 6.85. The van der Waals surface area contributed by atoms with Gasteiger partial charge in [0.2, 0.25) is 5.91 Å². The lowest BCUT2D eigenvalue weighted by atomic mass is 10.0. The number of rotatable bonds is 6. The van der Waals surface area contributed by atoms with Crippen LogP contribution in [0.3, 0.4) is 0 Å². The average Bonchev–Trinajstić information content (AvgIpc) is 2.70. The Morgan fingerprint density at radius 1 is 1.11 bits per heavy atom. The number of morpholine rings is 1. The van der Waals surface area contributed by atoms with Crippen LogP contribution in [0, 0.1) is 12.7 Å². The van der Waals surface area contributed by atoms with Crippen molar-refractivity contribution in [2.75, 3.05) is 32.8 Å². The first-order chi connectivity index (χ1) is 13.0. The standard InChI is InChI=1S/C21H26FN3O2/c1-15-2-4-17(5-3-15)20(23)21(26)24-14-19(25-10-12-27-13-11-25)16-6-8-18(22)9-7-16/h2-9,19-20H,10-14,23H2,1H3,(H,24,26). The van der Waals surface area contributed by atoms with Crippen LogP contribution in [-0.2, 0) is 9.53 Å². The maximum absolute atomic E-state index is 13.3. The normalized spacial score (nSPS) is 17.3. The van der Waals surface area contributed by atoms with Gasteiger partial charge in [0.05, 0.1) is 19.3 Å². The fraction of sp³-hybridized carbons (Fsp3) is 0.381. The van der Waals surface area contributed by atoms with Crippen molar-refractivity contribution in [1.82, 2.24) is 10.2 Å². The van der Waals surface area contributed by atoms with Gasteiger partial charge in [-0.3, -0.25) is 9.69 Å². The fourth-order valence-corrected chi connectivity index (χ4v) is 3.26. The number of carbonyl (C=O) groups excluding carboxylic acids is 1. The number of hydrogen-bond acceptors (Lipinski definition) is 4. The molecule has 1 aliphatic heterocycles. The lowest BCUT2D eigenvalue weighted by molar-refractivity contribution is -0.122. The quantitative estimate of drug-likeness (QED) is 0.818. The summed E-state index contributed by atoms with van der Waals surface area (Å²) in [5.41, 5.74) is 8.98. The number of nitrogens with zero attached hydrogens (tertiary/aromatic N) is 1. The zero-order valence-corrected chi connectivity index (χ0v) is 15.5. The molecule has 1 heterocycles. The Labute approximate surface area is 159 Å². The van der Waals surface area contributed by atoms with E-state index in [1.807, 2.05) is 31.2 Å². The number of nitrogens with one attached hydrogen (secondary N) is 1. The summed E-state index contributed by atoms with van der Waals surface area (Å²) in [6, 6.07) is 13.3. The molecule has 0 spiro atoms. The molecule has 2 atom stereocenters. The second kappa shape index (κ2) is 9.08. The molecule has 0 aromatic heterocycles. The highest BCUT2D eigenvalue weighted by Gasteiger charge is 2.24. The third kappa shape index (κ3) is 5.13. The van der Waals surface area contributed by atoms with Gasteiger partial charge >= 0.3 is 0 Å². The van der Waals surface area contributed by atoms with Gasteiger partial charge in [-0.2, -0.15) is 0 Å². The minimum Gasteiger partial charge on any atom is -0.379 e. The Kier molecular flexibility index (Phi) is 6.55. The van der Waals surface area contributed by atoms with Gasteiger partial charge < -0.3 is 15.8 Å². The van der Waals surface area contributed by atoms with Gasteiger partial charge in [0.25, 0.3) is 0 Å². The highest BCUT2D eigenvalue weighted by atomic mass is 19.1. The average molecular weight is 371 g/mol. The summed E-state index contributed by atoms with van der Waals surface area (Å²) in [5.74, 6) is -0.496. The van der Waals surface area contributed by atoms with Crippen LogP contribution in [-0.4, -0.2) is 43.7 Å². The summed E-state index contributed by atoms with van der Waals surface area (Å²) >= 11 is 0. The van der Waals surface area contributed by atoms with E-state index >= 15 is 0 Å². The lowest BCUT2D eigenvalue weighted by Gasteiger charge is -2.35. The van der Waals surface area contributed by atoms with Gasteiger partial charge in [-0.1, -0.05) is 42.0 Å². The molecule has 3 N–H and O–H groups in total. The third-order valence-electron chi connectivity index (χ3n) is 4.93. The van der Waals surface area contributed by atoms with E-state index in [0.29, 0.717) is 19.8 Å². The van der Waals surface area contributed by atoms with E-state index in [2.05, 4.69) is 10.2 Å². The highest BCUT2D eigenvalue weighted by molar-refractivity contribution is 5.83. The predicted octanol–water partition coefficient (Wildman–Crippen LogP) is 2.32. The zero-order valence-electron chi connectivity index (χ0n) is 15.5. The van der Waals surface area contributed by atoms with E-state index in [1.165, 1.54) is 12.1 Å². The number of benzene rings is 2. The van der Waals surface area contributed by atoms with Crippen LogP contribution >= 0.6 is 0 Å². The first-order valence-corrected chi connectivity index (χ1v) is 9.22. The Morgan fingerprint density at radius 2 is 1.70 bits per heavy atom. The molecule has 27 heavy (non-hydrogen) atoms. The van der Waals surface area contributed by atoms with Crippen LogP contribution in [0.1, 0.15) is 28.8 Å². The van der Waals surface area contributed by atoms with Gasteiger partial charge in [0.15, 0.2) is 0 Å². The molecule has 0 saturated carbocycles. The van der Waals surface area contributed by atoms with Crippen LogP contribution < -0.4 is 11.1 Å². The van der Waals surface area contributed by atoms with E-state index in [1.54, 1.807) is 12.1 Å². The molecule has 1 aliphatic rings. The number of ether oxygens (including phenoxy) is 1. The van der Waals surface area contributed by atoms with Crippen LogP contribution in [0.5, 0.6) is 0 Å². The first kappa shape index (κ1) is 19.5. The van der Waals surface area contributed by atoms with Crippen molar-refractivity contribution in [2.45, 2.75) is 19.0 Å². The Balaban J connectivity index is 1.68. The first-order valence-electron chi connectivity index (χ1n) is 9.22. The molecule has 0 radical (unpaired) electrons. The molecule has 3 rings (SSSR count). The van der Waals surface area contributed by atoms with Crippen LogP contribution in [0.15, 0.2) is 48.5 Å². The van der Waals surface area contributed by atoms with Crippen molar-refractivity contribution < 1.29 is 13.9 Å². The number of halogens is 1. The van der Waals surface area contributed by atoms with E-state index in [0.717, 1.165) is 29.8 Å². The van der Waals surface area contributed by atoms with Crippen LogP contribution in [0.2, 0.25) is 0 Å². The van der Waals surface area contributed by atoms with Gasteiger partial charge in [0, 0.05) is 19.6 Å². The molecular weight excluding hydrogens is 345 g/mol. The molecule has 1 saturated heterocycles. The summed E-state index contributed by atoms with van der Waals surface area (Å²) in [5, 5.41) is 2.97. The van der Waals surface area contributed by atoms with Crippen molar-refractivity contribution >= 4 is 5.91 Å². The summed E-state index contributed by atoms with van der Waals surface area (Å²) in [6.07, 6.45) is 0. The molecule has 1 amide bonds. The predicted molar refractivity (Wildman–Crippen MR) is 103 cm³/mol. The monoisotopic (exact) mass is 371 g/mol. The molecular formula is C21H26FN3O2. The molecule has 5 nitrogen and oxygen atoms in total. The number of amides is 1. The minimum absolute atomic E-state index is 0.0522. The molecule has 2 aromatic rings. The highest BCUT2D eigenvalue weighted by Crippen LogP contribution is 2.22. The minimum atomic E-state index is -0.718. The van der Waals surface area contributed by atoms with Gasteiger partial charge in [0.1, 0.15) is 11.9 Å². The summed E-state index contributed by atoms with van der Waals surface area (Å²) in [7, 11) is 0. The van der Waals surface area contributed by atoms with Crippen molar-refractivity contribution in [2.24, 2.45) is 5.73 Å². The van der Waals surface area contributed by atoms with Gasteiger partial charge in [-0.25, -0.2) is 4.39 Å². The topological polar surface area (TPSA) is 67.6 Å². The van der Waals surface area contributed by atoms with E-state index in [-0.39, 0.29) is 17.8 Å². The molecule has 6 heteroatoms. The number of nitrogens with two attached hydrogens (primary N) is 1. The Hall–Kier alpha value is -2.28. The Bertz CT molecular complexity index is 743. The molecule has 0 bridgehead atoms. The largest absolute Gasteiger partial charge is 0.379 e. The van der Waals surface area contributed by atoms with Crippen LogP contribution in [0.4, 0.5) is 4.39 Å². The van der Waals surface area contributed by atoms with Crippen molar-refractivity contribution in [1.29, 1.82) is 0 Å². The smallest absolute Gasteiger partial charge is 0.241 e. The molecule has 1 fully saturated rings. The maximum Gasteiger partial charge on any atom is 0.241 e. The summed E-state index contributed by atoms with van der Waals surface area (Å²) < 4.78 is 18.7. The van der Waals surface area contributed by atoms with Gasteiger partial charge in [-0.15, -0.1) is 0 Å². The summed E-state index contributed by atoms with van der Waals surface area (Å²) in [6.45, 7) is 5.22. The second-order valence-electron chi connectivity index (χ2n) is 6.85. The number of hydrogen-bond donors (Lipinski definition) is 2. The zero-order chi connectivity index (χ0) is 19.2. The van der Waals surface area contributed by atoms with E-state index < -0.39 is 6.04 Å². The third-order valence-corrected chi connectivity index (χ3v) is 4.93. The van der Waals surface area contributed by atoms with Crippen molar-refractivity contribution in [3.05, 3.63) is 71.0 Å². The molecule has 0 aliphatic carbocycles. The fourth-order valence-electron chi connectivity index (χ4n) is 3.26. The maximum atomic E-state index is 13.3. The van der Waals surface area contributed by atoms with E-state index in [9.17, 15) is 9.18 Å². The molecule has 2 aromatic carbocycles. The van der Waals surface area contributed by atoms with Crippen LogP contribution in [0.25, 0.3) is 0 Å². The Morgan fingerprint density at radius 3 is 2.33 bits per heavy atom. The lowest BCUT2D eigenvalue weighted by Crippen LogP contribution is -2.45. The SMILES string of the molecule is Cc1ccc(C(N)C(=O)NCC(c2ccc(F)cc2)N2CCOCC2)cc1. The molecule has 144 valence electrons. The number of aryl methyl sites for hydroxylation is 1. The van der Waals surface area contributed by atoms with E-state index in [4.69, 9.17) is 10.5 Å². The van der Waals surface area contributed by atoms with Crippen molar-refractivity contribution in [3.63, 3.8) is 0 Å². The number of carbonyl (C=O) groups is 1. The van der Waals surface area contributed by atoms with Crippen molar-refractivity contribution in [3.8, 4) is 0 Å². The summed E-state index contributed by atoms with van der Waals surface area (Å²) in [4.78, 5) is 14.8. The molecule has 2 unspecified atom stereocenters.